The third-order valence-corrected chi connectivity index (χ3v) is 8.67. The second kappa shape index (κ2) is 25.4. The van der Waals surface area contributed by atoms with E-state index in [0.29, 0.717) is 6.42 Å². The Morgan fingerprint density at radius 1 is 0.446 bits per heavy atom. The van der Waals surface area contributed by atoms with E-state index in [0.717, 1.165) is 74.1 Å². The molecule has 0 aromatic heterocycles. The van der Waals surface area contributed by atoms with Gasteiger partial charge in [0.1, 0.15) is 31.5 Å². The minimum atomic E-state index is -1.76. The number of esters is 7. The largest absolute Gasteiger partial charge is 0.463 e. The van der Waals surface area contributed by atoms with Gasteiger partial charge in [-0.05, 0) is 6.42 Å². The Labute approximate surface area is 328 Å². The van der Waals surface area contributed by atoms with Gasteiger partial charge in [0.2, 0.25) is 0 Å². The third-order valence-electron chi connectivity index (χ3n) is 8.67. The molecule has 2 aliphatic heterocycles. The van der Waals surface area contributed by atoms with Crippen LogP contribution in [0.4, 0.5) is 0 Å². The monoisotopic (exact) mass is 806 g/mol. The van der Waals surface area contributed by atoms with E-state index in [1.807, 2.05) is 0 Å². The molecule has 0 unspecified atom stereocenters. The van der Waals surface area contributed by atoms with Crippen LogP contribution in [-0.4, -0.2) is 123 Å². The summed E-state index contributed by atoms with van der Waals surface area (Å²) in [4.78, 5) is 85.9. The molecule has 320 valence electrons. The van der Waals surface area contributed by atoms with Gasteiger partial charge in [-0.25, -0.2) is 0 Å². The van der Waals surface area contributed by atoms with Crippen LogP contribution in [0.25, 0.3) is 0 Å². The topological polar surface area (TPSA) is 221 Å². The van der Waals surface area contributed by atoms with Gasteiger partial charge in [0.25, 0.3) is 0 Å². The van der Waals surface area contributed by atoms with Crippen molar-refractivity contribution in [3.05, 3.63) is 0 Å². The van der Waals surface area contributed by atoms with E-state index in [4.69, 9.17) is 52.1 Å². The van der Waals surface area contributed by atoms with Crippen LogP contribution in [0.5, 0.6) is 0 Å². The zero-order valence-electron chi connectivity index (χ0n) is 33.8. The zero-order valence-corrected chi connectivity index (χ0v) is 33.8. The molecule has 2 saturated heterocycles. The fourth-order valence-electron chi connectivity index (χ4n) is 6.40. The van der Waals surface area contributed by atoms with Crippen LogP contribution >= 0.6 is 0 Å². The molecule has 0 aromatic rings. The fraction of sp³-hybridized carbons (Fsp3) is 0.816. The first-order valence-corrected chi connectivity index (χ1v) is 19.2. The van der Waals surface area contributed by atoms with E-state index < -0.39 is 116 Å². The lowest BCUT2D eigenvalue weighted by molar-refractivity contribution is -0.361. The van der Waals surface area contributed by atoms with Gasteiger partial charge in [0.15, 0.2) is 43.1 Å². The SMILES string of the molecule is CCCCCCCCCCC[14CH2]O[C@@H]1O[C@H](COC(C)=O)[C@@H](O[C@H]2O[C@H](COC(C)=O)[C@@H](OC(C)=O)[C@H](OC(C)=O)[C@H]2OC(C)=O)[C@H](OC(C)=O)[C@H]1OC(C)=O. The van der Waals surface area contributed by atoms with E-state index >= 15 is 0 Å². The van der Waals surface area contributed by atoms with Crippen molar-refractivity contribution in [2.45, 2.75) is 181 Å². The van der Waals surface area contributed by atoms with Crippen LogP contribution < -0.4 is 0 Å². The molecule has 0 radical (unpaired) electrons. The molecule has 0 amide bonds. The molecular weight excluding hydrogens is 746 g/mol. The molecule has 0 N–H and O–H groups in total. The Hall–Kier alpha value is -3.87. The maximum atomic E-state index is 12.6. The summed E-state index contributed by atoms with van der Waals surface area (Å²) >= 11 is 0. The zero-order chi connectivity index (χ0) is 41.8. The van der Waals surface area contributed by atoms with Gasteiger partial charge in [0.05, 0.1) is 0 Å². The first kappa shape index (κ1) is 48.3. The molecule has 18 heteroatoms. The first-order valence-electron chi connectivity index (χ1n) is 19.2. The molecule has 0 bridgehead atoms. The van der Waals surface area contributed by atoms with Gasteiger partial charge in [0, 0.05) is 55.1 Å². The van der Waals surface area contributed by atoms with Crippen molar-refractivity contribution in [3.63, 3.8) is 0 Å². The van der Waals surface area contributed by atoms with Crippen molar-refractivity contribution >= 4 is 41.8 Å². The highest BCUT2D eigenvalue weighted by molar-refractivity contribution is 5.69. The molecule has 2 aliphatic rings. The predicted molar refractivity (Wildman–Crippen MR) is 191 cm³/mol. The molecule has 0 saturated carbocycles. The number of hydrogen-bond acceptors (Lipinski definition) is 18. The summed E-state index contributed by atoms with van der Waals surface area (Å²) in [6.07, 6.45) is -4.18. The van der Waals surface area contributed by atoms with Crippen LogP contribution in [0.3, 0.4) is 0 Å². The van der Waals surface area contributed by atoms with Gasteiger partial charge in [-0.2, -0.15) is 0 Å². The summed E-state index contributed by atoms with van der Waals surface area (Å²) in [5.74, 6) is -5.65. The quantitative estimate of drug-likeness (QED) is 0.0818. The van der Waals surface area contributed by atoms with Crippen LogP contribution in [0, 0.1) is 0 Å². The number of rotatable bonds is 23. The van der Waals surface area contributed by atoms with Crippen LogP contribution in [0.1, 0.15) is 120 Å². The normalized spacial score (nSPS) is 27.3. The fourth-order valence-corrected chi connectivity index (χ4v) is 6.40. The minimum Gasteiger partial charge on any atom is -0.463 e. The second-order valence-electron chi connectivity index (χ2n) is 13.7. The molecule has 0 spiro atoms. The lowest BCUT2D eigenvalue weighted by Crippen LogP contribution is -2.67. The van der Waals surface area contributed by atoms with Crippen molar-refractivity contribution in [2.24, 2.45) is 0 Å². The van der Waals surface area contributed by atoms with E-state index in [2.05, 4.69) is 6.92 Å². The molecule has 56 heavy (non-hydrogen) atoms. The Morgan fingerprint density at radius 3 is 1.29 bits per heavy atom. The Morgan fingerprint density at radius 2 is 0.821 bits per heavy atom. The lowest BCUT2D eigenvalue weighted by Gasteiger charge is -2.48. The Bertz CT molecular complexity index is 1290. The number of ether oxygens (including phenoxy) is 11. The van der Waals surface area contributed by atoms with Crippen molar-refractivity contribution < 1.29 is 85.7 Å². The highest BCUT2D eigenvalue weighted by Gasteiger charge is 2.57. The minimum absolute atomic E-state index is 0.178. The summed E-state index contributed by atoms with van der Waals surface area (Å²) in [7, 11) is 0. The summed E-state index contributed by atoms with van der Waals surface area (Å²) in [6.45, 7) is 9.01. The number of carbonyl (C=O) groups is 7. The van der Waals surface area contributed by atoms with E-state index in [1.165, 1.54) is 32.1 Å². The summed E-state index contributed by atoms with van der Waals surface area (Å²) in [5, 5.41) is 0. The highest BCUT2D eigenvalue weighted by atomic mass is 16.8. The summed E-state index contributed by atoms with van der Waals surface area (Å²) < 4.78 is 62.9. The van der Waals surface area contributed by atoms with Crippen LogP contribution in [0.2, 0.25) is 0 Å². The Kier molecular flexibility index (Phi) is 21.9. The second-order valence-corrected chi connectivity index (χ2v) is 13.7. The van der Waals surface area contributed by atoms with Crippen LogP contribution in [0.15, 0.2) is 0 Å². The van der Waals surface area contributed by atoms with Gasteiger partial charge in [-0.3, -0.25) is 33.6 Å². The first-order chi connectivity index (χ1) is 26.5. The van der Waals surface area contributed by atoms with Crippen molar-refractivity contribution in [3.8, 4) is 0 Å². The van der Waals surface area contributed by atoms with E-state index in [9.17, 15) is 33.6 Å². The molecule has 0 aliphatic carbocycles. The molecule has 2 rings (SSSR count). The average Bonchev–Trinajstić information content (AvgIpc) is 3.09. The molecular formula is C38H60O18. The third kappa shape index (κ3) is 17.5. The van der Waals surface area contributed by atoms with Gasteiger partial charge >= 0.3 is 41.8 Å². The smallest absolute Gasteiger partial charge is 0.303 e. The van der Waals surface area contributed by atoms with Crippen molar-refractivity contribution in [2.75, 3.05) is 19.8 Å². The summed E-state index contributed by atoms with van der Waals surface area (Å²) in [5.41, 5.74) is 0. The predicted octanol–water partition coefficient (Wildman–Crippen LogP) is 3.54. The maximum absolute atomic E-state index is 12.6. The molecule has 0 aromatic carbocycles. The lowest BCUT2D eigenvalue weighted by atomic mass is 9.96. The number of unbranched alkanes of at least 4 members (excludes halogenated alkanes) is 9. The number of carbonyl (C=O) groups excluding carboxylic acids is 7. The summed E-state index contributed by atoms with van der Waals surface area (Å²) in [6, 6.07) is 0. The van der Waals surface area contributed by atoms with Crippen LogP contribution in [-0.2, 0) is 85.7 Å². The molecule has 18 nitrogen and oxygen atoms in total. The highest BCUT2D eigenvalue weighted by Crippen LogP contribution is 2.35. The molecule has 2 fully saturated rings. The standard InChI is InChI=1S/C38H60O18/c1-9-10-11-12-13-14-15-16-17-18-19-46-37-35(52-27(7)44)34(51-26(6)43)32(30(54-37)21-48-23(3)40)56-38-36(53-28(8)45)33(50-25(5)42)31(49-24(4)41)29(55-38)20-47-22(2)39/h29-38H,9-21H2,1-8H3/t29-,30-,31-,32-,33+,34+,35-,36-,37-,38-/m1/s1/i19+2. The van der Waals surface area contributed by atoms with Gasteiger partial charge in [-0.1, -0.05) is 64.7 Å². The maximum Gasteiger partial charge on any atom is 0.303 e. The number of hydrogen-bond donors (Lipinski definition) is 0. The van der Waals surface area contributed by atoms with Gasteiger partial charge < -0.3 is 52.1 Å². The van der Waals surface area contributed by atoms with Crippen molar-refractivity contribution in [1.82, 2.24) is 0 Å². The van der Waals surface area contributed by atoms with Gasteiger partial charge in [-0.15, -0.1) is 0 Å². The van der Waals surface area contributed by atoms with E-state index in [1.54, 1.807) is 0 Å². The molecule has 2 heterocycles. The van der Waals surface area contributed by atoms with E-state index in [-0.39, 0.29) is 6.61 Å². The average molecular weight is 807 g/mol. The van der Waals surface area contributed by atoms with Crippen molar-refractivity contribution in [1.29, 1.82) is 0 Å². The Balaban J connectivity index is 2.48. The molecule has 10 atom stereocenters.